The van der Waals surface area contributed by atoms with Gasteiger partial charge in [-0.2, -0.15) is 0 Å². The molecule has 0 unspecified atom stereocenters. The normalized spacial score (nSPS) is 16.0. The van der Waals surface area contributed by atoms with E-state index in [0.29, 0.717) is 32.0 Å². The summed E-state index contributed by atoms with van der Waals surface area (Å²) < 4.78 is 11.2. The molecule has 4 heterocycles. The fourth-order valence-corrected chi connectivity index (χ4v) is 4.36. The Balaban J connectivity index is 1.27. The number of thiazole rings is 1. The zero-order valence-electron chi connectivity index (χ0n) is 15.8. The van der Waals surface area contributed by atoms with Gasteiger partial charge in [0.2, 0.25) is 0 Å². The molecule has 1 fully saturated rings. The maximum atomic E-state index is 12.9. The predicted molar refractivity (Wildman–Crippen MR) is 111 cm³/mol. The van der Waals surface area contributed by atoms with Crippen molar-refractivity contribution in [2.24, 2.45) is 0 Å². The number of hydrogen-bond donors (Lipinski definition) is 0. The van der Waals surface area contributed by atoms with Gasteiger partial charge in [-0.25, -0.2) is 4.98 Å². The molecule has 0 atom stereocenters. The molecule has 2 aliphatic rings. The first kappa shape index (κ1) is 17.9. The van der Waals surface area contributed by atoms with E-state index >= 15 is 0 Å². The molecule has 148 valence electrons. The van der Waals surface area contributed by atoms with E-state index in [1.165, 1.54) is 11.3 Å². The van der Waals surface area contributed by atoms with Crippen molar-refractivity contribution < 1.29 is 14.3 Å². The summed E-state index contributed by atoms with van der Waals surface area (Å²) in [5, 5.41) is 2.64. The van der Waals surface area contributed by atoms with Crippen LogP contribution in [0.3, 0.4) is 0 Å². The highest BCUT2D eigenvalue weighted by Crippen LogP contribution is 2.35. The molecule has 3 aromatic rings. The van der Waals surface area contributed by atoms with E-state index in [1.807, 2.05) is 40.6 Å². The first-order chi connectivity index (χ1) is 14.3. The van der Waals surface area contributed by atoms with E-state index in [2.05, 4.69) is 14.9 Å². The topological polar surface area (TPSA) is 67.8 Å². The van der Waals surface area contributed by atoms with Gasteiger partial charge in [0.05, 0.1) is 0 Å². The van der Waals surface area contributed by atoms with Crippen LogP contribution in [0.15, 0.2) is 48.1 Å². The Kier molecular flexibility index (Phi) is 4.77. The highest BCUT2D eigenvalue weighted by molar-refractivity contribution is 7.13. The highest BCUT2D eigenvalue weighted by atomic mass is 32.1. The summed E-state index contributed by atoms with van der Waals surface area (Å²) >= 11 is 1.47. The van der Waals surface area contributed by atoms with Crippen molar-refractivity contribution in [1.29, 1.82) is 0 Å². The molecular weight excluding hydrogens is 388 g/mol. The van der Waals surface area contributed by atoms with E-state index in [4.69, 9.17) is 9.47 Å². The summed E-state index contributed by atoms with van der Waals surface area (Å²) in [5.74, 6) is 1.46. The van der Waals surface area contributed by atoms with Crippen molar-refractivity contribution in [3.63, 3.8) is 0 Å². The second kappa shape index (κ2) is 7.71. The zero-order valence-corrected chi connectivity index (χ0v) is 16.6. The molecule has 1 amide bonds. The lowest BCUT2D eigenvalue weighted by Gasteiger charge is -2.35. The molecule has 7 nitrogen and oxygen atoms in total. The lowest BCUT2D eigenvalue weighted by molar-refractivity contribution is 0.0742. The van der Waals surface area contributed by atoms with E-state index in [-0.39, 0.29) is 5.91 Å². The van der Waals surface area contributed by atoms with Crippen molar-refractivity contribution in [3.05, 3.63) is 53.8 Å². The van der Waals surface area contributed by atoms with Crippen molar-refractivity contribution in [2.75, 3.05) is 44.3 Å². The Morgan fingerprint density at radius 3 is 2.52 bits per heavy atom. The molecule has 1 aromatic carbocycles. The molecule has 0 spiro atoms. The first-order valence-electron chi connectivity index (χ1n) is 9.58. The molecule has 5 rings (SSSR count). The molecular formula is C21H20N4O3S. The molecule has 0 saturated carbocycles. The number of pyridine rings is 1. The molecule has 0 bridgehead atoms. The van der Waals surface area contributed by atoms with Gasteiger partial charge in [-0.3, -0.25) is 9.78 Å². The lowest BCUT2D eigenvalue weighted by Crippen LogP contribution is -2.48. The van der Waals surface area contributed by atoms with Crippen LogP contribution < -0.4 is 14.4 Å². The van der Waals surface area contributed by atoms with Gasteiger partial charge in [0, 0.05) is 55.2 Å². The van der Waals surface area contributed by atoms with Crippen LogP contribution in [-0.2, 0) is 0 Å². The Bertz CT molecular complexity index is 1020. The van der Waals surface area contributed by atoms with Crippen molar-refractivity contribution in [3.8, 4) is 22.1 Å². The standard InChI is InChI=1S/C21H20N4O3S/c26-21(25-9-7-24(8-10-25)16-3-5-22-6-4-16)17-14-29-20(23-17)15-1-2-18-19(13-15)28-12-11-27-18/h1-6,13-14H,7-12H2. The molecule has 0 N–H and O–H groups in total. The number of anilines is 1. The number of hydrogen-bond acceptors (Lipinski definition) is 7. The van der Waals surface area contributed by atoms with Crippen LogP contribution in [0, 0.1) is 0 Å². The van der Waals surface area contributed by atoms with Crippen LogP contribution in [0.1, 0.15) is 10.5 Å². The Morgan fingerprint density at radius 1 is 0.966 bits per heavy atom. The summed E-state index contributed by atoms with van der Waals surface area (Å²) in [7, 11) is 0. The third-order valence-corrected chi connectivity index (χ3v) is 6.00. The fraction of sp³-hybridized carbons (Fsp3) is 0.286. The molecule has 29 heavy (non-hydrogen) atoms. The maximum absolute atomic E-state index is 12.9. The number of carbonyl (C=O) groups excluding carboxylic acids is 1. The minimum Gasteiger partial charge on any atom is -0.486 e. The summed E-state index contributed by atoms with van der Waals surface area (Å²) in [5.41, 5.74) is 2.57. The largest absolute Gasteiger partial charge is 0.486 e. The summed E-state index contributed by atoms with van der Waals surface area (Å²) in [6.07, 6.45) is 3.59. The smallest absolute Gasteiger partial charge is 0.273 e. The maximum Gasteiger partial charge on any atom is 0.273 e. The molecule has 0 radical (unpaired) electrons. The number of fused-ring (bicyclic) bond motifs is 1. The monoisotopic (exact) mass is 408 g/mol. The zero-order chi connectivity index (χ0) is 19.6. The SMILES string of the molecule is O=C(c1csc(-c2ccc3c(c2)OCCO3)n1)N1CCN(c2ccncc2)CC1. The van der Waals surface area contributed by atoms with E-state index in [1.54, 1.807) is 12.4 Å². The van der Waals surface area contributed by atoms with Gasteiger partial charge in [0.15, 0.2) is 11.5 Å². The number of aromatic nitrogens is 2. The van der Waals surface area contributed by atoms with Gasteiger partial charge in [-0.05, 0) is 30.3 Å². The highest BCUT2D eigenvalue weighted by Gasteiger charge is 2.24. The Hall–Kier alpha value is -3.13. The Morgan fingerprint density at radius 2 is 1.72 bits per heavy atom. The third-order valence-electron chi connectivity index (χ3n) is 5.11. The van der Waals surface area contributed by atoms with Crippen LogP contribution in [0.25, 0.3) is 10.6 Å². The van der Waals surface area contributed by atoms with E-state index in [0.717, 1.165) is 40.8 Å². The van der Waals surface area contributed by atoms with Crippen molar-refractivity contribution >= 4 is 22.9 Å². The van der Waals surface area contributed by atoms with E-state index < -0.39 is 0 Å². The number of ether oxygens (including phenoxy) is 2. The van der Waals surface area contributed by atoms with Crippen molar-refractivity contribution in [1.82, 2.24) is 14.9 Å². The van der Waals surface area contributed by atoms with Gasteiger partial charge < -0.3 is 19.3 Å². The van der Waals surface area contributed by atoms with Crippen LogP contribution in [0.4, 0.5) is 5.69 Å². The summed E-state index contributed by atoms with van der Waals surface area (Å²) in [6, 6.07) is 9.77. The first-order valence-corrected chi connectivity index (χ1v) is 10.5. The third kappa shape index (κ3) is 3.63. The molecule has 0 aliphatic carbocycles. The lowest BCUT2D eigenvalue weighted by atomic mass is 10.2. The minimum atomic E-state index is -0.0144. The number of nitrogens with zero attached hydrogens (tertiary/aromatic N) is 4. The molecule has 1 saturated heterocycles. The minimum absolute atomic E-state index is 0.0144. The Labute approximate surface area is 172 Å². The number of rotatable bonds is 3. The van der Waals surface area contributed by atoms with Gasteiger partial charge in [0.1, 0.15) is 23.9 Å². The fourth-order valence-electron chi connectivity index (χ4n) is 3.57. The van der Waals surface area contributed by atoms with Crippen LogP contribution in [-0.4, -0.2) is 60.2 Å². The van der Waals surface area contributed by atoms with Gasteiger partial charge >= 0.3 is 0 Å². The van der Waals surface area contributed by atoms with E-state index in [9.17, 15) is 4.79 Å². The van der Waals surface area contributed by atoms with Crippen LogP contribution >= 0.6 is 11.3 Å². The average molecular weight is 408 g/mol. The van der Waals surface area contributed by atoms with Crippen molar-refractivity contribution in [2.45, 2.75) is 0 Å². The summed E-state index contributed by atoms with van der Waals surface area (Å²) in [6.45, 7) is 4.07. The second-order valence-electron chi connectivity index (χ2n) is 6.88. The van der Waals surface area contributed by atoms with Crippen LogP contribution in [0.5, 0.6) is 11.5 Å². The second-order valence-corrected chi connectivity index (χ2v) is 7.74. The van der Waals surface area contributed by atoms with Gasteiger partial charge in [-0.1, -0.05) is 0 Å². The number of piperazine rings is 1. The average Bonchev–Trinajstić information content (AvgIpc) is 3.29. The van der Waals surface area contributed by atoms with Gasteiger partial charge in [-0.15, -0.1) is 11.3 Å². The molecule has 2 aromatic heterocycles. The van der Waals surface area contributed by atoms with Gasteiger partial charge in [0.25, 0.3) is 5.91 Å². The quantitative estimate of drug-likeness (QED) is 0.664. The molecule has 2 aliphatic heterocycles. The summed E-state index contributed by atoms with van der Waals surface area (Å²) in [4.78, 5) is 25.7. The predicted octanol–water partition coefficient (Wildman–Crippen LogP) is 2.94. The number of carbonyl (C=O) groups is 1. The van der Waals surface area contributed by atoms with Crippen LogP contribution in [0.2, 0.25) is 0 Å². The molecule has 8 heteroatoms. The number of amides is 1. The number of benzene rings is 1.